The maximum absolute atomic E-state index is 11.9. The van der Waals surface area contributed by atoms with Crippen LogP contribution in [0.2, 0.25) is 0 Å². The Bertz CT molecular complexity index is 787. The number of hydrogen-bond donors (Lipinski definition) is 1. The fraction of sp³-hybridized carbons (Fsp3) is 0.333. The van der Waals surface area contributed by atoms with Gasteiger partial charge in [0, 0.05) is 17.0 Å². The highest BCUT2D eigenvalue weighted by Crippen LogP contribution is 2.28. The number of nitrogens with one attached hydrogen (secondary N) is 1. The quantitative estimate of drug-likeness (QED) is 0.819. The molecule has 0 spiro atoms. The second kappa shape index (κ2) is 7.02. The zero-order valence-corrected chi connectivity index (χ0v) is 14.7. The lowest BCUT2D eigenvalue weighted by molar-refractivity contribution is -0.119. The fourth-order valence-electron chi connectivity index (χ4n) is 2.37. The number of nitrogens with zero attached hydrogens (tertiary/aromatic N) is 1. The first-order valence-corrected chi connectivity index (χ1v) is 10.8. The Morgan fingerprint density at radius 1 is 1.35 bits per heavy atom. The van der Waals surface area contributed by atoms with Crippen molar-refractivity contribution in [2.75, 3.05) is 17.3 Å². The van der Waals surface area contributed by atoms with Crippen LogP contribution in [-0.2, 0) is 14.6 Å². The molecule has 0 bridgehead atoms. The van der Waals surface area contributed by atoms with Crippen molar-refractivity contribution >= 4 is 38.8 Å². The molecule has 8 heteroatoms. The lowest BCUT2D eigenvalue weighted by Gasteiger charge is -2.09. The Morgan fingerprint density at radius 2 is 2.13 bits per heavy atom. The first-order chi connectivity index (χ1) is 11.0. The van der Waals surface area contributed by atoms with Crippen molar-refractivity contribution in [3.63, 3.8) is 0 Å². The van der Waals surface area contributed by atoms with E-state index in [0.717, 1.165) is 15.6 Å². The molecule has 1 aromatic heterocycles. The van der Waals surface area contributed by atoms with Crippen molar-refractivity contribution in [1.82, 2.24) is 10.3 Å². The van der Waals surface area contributed by atoms with E-state index in [1.54, 1.807) is 0 Å². The molecule has 1 aliphatic rings. The molecule has 1 atom stereocenters. The maximum Gasteiger partial charge on any atom is 0.230 e. The summed E-state index contributed by atoms with van der Waals surface area (Å²) in [5, 5.41) is 4.75. The Kier molecular flexibility index (Phi) is 5.03. The van der Waals surface area contributed by atoms with E-state index in [1.165, 1.54) is 23.1 Å². The van der Waals surface area contributed by atoms with E-state index in [4.69, 9.17) is 0 Å². The van der Waals surface area contributed by atoms with Crippen LogP contribution in [0.15, 0.2) is 40.1 Å². The second-order valence-corrected chi connectivity index (χ2v) is 9.63. The molecule has 5 nitrogen and oxygen atoms in total. The van der Waals surface area contributed by atoms with Gasteiger partial charge in [-0.05, 0) is 6.42 Å². The molecular weight excluding hydrogens is 352 g/mol. The molecule has 1 aromatic carbocycles. The van der Waals surface area contributed by atoms with Gasteiger partial charge in [-0.2, -0.15) is 0 Å². The number of rotatable bonds is 5. The first kappa shape index (κ1) is 16.5. The van der Waals surface area contributed by atoms with Gasteiger partial charge in [0.1, 0.15) is 0 Å². The van der Waals surface area contributed by atoms with E-state index in [-0.39, 0.29) is 29.2 Å². The van der Waals surface area contributed by atoms with Gasteiger partial charge in [0.25, 0.3) is 0 Å². The summed E-state index contributed by atoms with van der Waals surface area (Å²) in [7, 11) is -2.97. The SMILES string of the molecule is O=C(CSc1nc(-c2ccccc2)cs1)NC1CCS(=O)(=O)C1. The summed E-state index contributed by atoms with van der Waals surface area (Å²) in [5.74, 6) is 0.323. The Balaban J connectivity index is 1.51. The molecule has 23 heavy (non-hydrogen) atoms. The van der Waals surface area contributed by atoms with Crippen LogP contribution in [0.3, 0.4) is 0 Å². The highest BCUT2D eigenvalue weighted by molar-refractivity contribution is 8.01. The Morgan fingerprint density at radius 3 is 2.83 bits per heavy atom. The average molecular weight is 369 g/mol. The van der Waals surface area contributed by atoms with E-state index in [0.29, 0.717) is 6.42 Å². The van der Waals surface area contributed by atoms with Crippen molar-refractivity contribution in [3.05, 3.63) is 35.7 Å². The summed E-state index contributed by atoms with van der Waals surface area (Å²) in [4.78, 5) is 16.4. The van der Waals surface area contributed by atoms with Gasteiger partial charge in [-0.1, -0.05) is 42.1 Å². The van der Waals surface area contributed by atoms with Gasteiger partial charge in [0.05, 0.1) is 23.0 Å². The number of carbonyl (C=O) groups excluding carboxylic acids is 1. The minimum atomic E-state index is -2.97. The first-order valence-electron chi connectivity index (χ1n) is 7.15. The number of benzene rings is 1. The maximum atomic E-state index is 11.9. The standard InChI is InChI=1S/C15H16N2O3S3/c18-14(16-12-6-7-23(19,20)10-12)9-22-15-17-13(8-21-15)11-4-2-1-3-5-11/h1-5,8,12H,6-7,9-10H2,(H,16,18). The van der Waals surface area contributed by atoms with Crippen molar-refractivity contribution < 1.29 is 13.2 Å². The molecule has 1 aliphatic heterocycles. The summed E-state index contributed by atoms with van der Waals surface area (Å²) in [6.45, 7) is 0. The summed E-state index contributed by atoms with van der Waals surface area (Å²) in [5.41, 5.74) is 1.96. The lowest BCUT2D eigenvalue weighted by atomic mass is 10.2. The number of hydrogen-bond acceptors (Lipinski definition) is 6. The molecule has 1 fully saturated rings. The van der Waals surface area contributed by atoms with Gasteiger partial charge in [-0.3, -0.25) is 4.79 Å². The topological polar surface area (TPSA) is 76.1 Å². The van der Waals surface area contributed by atoms with Crippen molar-refractivity contribution in [1.29, 1.82) is 0 Å². The number of amides is 1. The smallest absolute Gasteiger partial charge is 0.230 e. The normalized spacial score (nSPS) is 19.6. The van der Waals surface area contributed by atoms with Crippen molar-refractivity contribution in [3.8, 4) is 11.3 Å². The molecule has 1 unspecified atom stereocenters. The molecule has 2 aromatic rings. The van der Waals surface area contributed by atoms with Gasteiger partial charge in [0.2, 0.25) is 5.91 Å². The molecule has 0 aliphatic carbocycles. The number of thioether (sulfide) groups is 1. The summed E-state index contributed by atoms with van der Waals surface area (Å²) in [6.07, 6.45) is 0.508. The number of sulfone groups is 1. The van der Waals surface area contributed by atoms with E-state index >= 15 is 0 Å². The monoisotopic (exact) mass is 368 g/mol. The average Bonchev–Trinajstić information content (AvgIpc) is 3.13. The molecule has 3 rings (SSSR count). The minimum Gasteiger partial charge on any atom is -0.352 e. The van der Waals surface area contributed by atoms with Crippen LogP contribution in [0.1, 0.15) is 6.42 Å². The van der Waals surface area contributed by atoms with Crippen LogP contribution in [0.4, 0.5) is 0 Å². The van der Waals surface area contributed by atoms with E-state index in [9.17, 15) is 13.2 Å². The summed E-state index contributed by atoms with van der Waals surface area (Å²) in [6, 6.07) is 9.63. The predicted molar refractivity (Wildman–Crippen MR) is 93.5 cm³/mol. The largest absolute Gasteiger partial charge is 0.352 e. The van der Waals surface area contributed by atoms with Crippen LogP contribution in [0.5, 0.6) is 0 Å². The summed E-state index contributed by atoms with van der Waals surface area (Å²) >= 11 is 2.88. The molecule has 1 N–H and O–H groups in total. The second-order valence-electron chi connectivity index (χ2n) is 5.32. The number of carbonyl (C=O) groups is 1. The van der Waals surface area contributed by atoms with E-state index in [1.807, 2.05) is 35.7 Å². The predicted octanol–water partition coefficient (Wildman–Crippen LogP) is 2.21. The third-order valence-corrected chi connectivity index (χ3v) is 7.27. The Labute approximate surface area is 143 Å². The van der Waals surface area contributed by atoms with Crippen LogP contribution in [0.25, 0.3) is 11.3 Å². The van der Waals surface area contributed by atoms with Crippen LogP contribution >= 0.6 is 23.1 Å². The molecule has 122 valence electrons. The molecule has 1 amide bonds. The van der Waals surface area contributed by atoms with Gasteiger partial charge >= 0.3 is 0 Å². The molecular formula is C15H16N2O3S3. The third kappa shape index (κ3) is 4.55. The van der Waals surface area contributed by atoms with E-state index < -0.39 is 9.84 Å². The zero-order valence-electron chi connectivity index (χ0n) is 12.3. The van der Waals surface area contributed by atoms with Crippen LogP contribution in [-0.4, -0.2) is 42.6 Å². The minimum absolute atomic E-state index is 0.0544. The van der Waals surface area contributed by atoms with Gasteiger partial charge in [-0.15, -0.1) is 11.3 Å². The van der Waals surface area contributed by atoms with Crippen LogP contribution < -0.4 is 5.32 Å². The van der Waals surface area contributed by atoms with Crippen molar-refractivity contribution in [2.24, 2.45) is 0 Å². The molecule has 2 heterocycles. The highest BCUT2D eigenvalue weighted by Gasteiger charge is 2.28. The molecule has 1 saturated heterocycles. The number of thiazole rings is 1. The number of aromatic nitrogens is 1. The molecule has 0 radical (unpaired) electrons. The van der Waals surface area contributed by atoms with Gasteiger partial charge < -0.3 is 5.32 Å². The molecule has 0 saturated carbocycles. The third-order valence-electron chi connectivity index (χ3n) is 3.48. The zero-order chi connectivity index (χ0) is 16.3. The lowest BCUT2D eigenvalue weighted by Crippen LogP contribution is -2.36. The van der Waals surface area contributed by atoms with Gasteiger partial charge in [0.15, 0.2) is 14.2 Å². The van der Waals surface area contributed by atoms with Crippen LogP contribution in [0, 0.1) is 0 Å². The van der Waals surface area contributed by atoms with Crippen molar-refractivity contribution in [2.45, 2.75) is 16.8 Å². The Hall–Kier alpha value is -1.38. The highest BCUT2D eigenvalue weighted by atomic mass is 32.2. The van der Waals surface area contributed by atoms with E-state index in [2.05, 4.69) is 10.3 Å². The fourth-order valence-corrected chi connectivity index (χ4v) is 5.69. The summed E-state index contributed by atoms with van der Waals surface area (Å²) < 4.78 is 23.6. The van der Waals surface area contributed by atoms with Gasteiger partial charge in [-0.25, -0.2) is 13.4 Å².